The van der Waals surface area contributed by atoms with Crippen molar-refractivity contribution in [3.8, 4) is 5.75 Å². The normalized spacial score (nSPS) is 14.0. The SMILES string of the molecule is CCC(N)(CC)CCOC(c1ccc(OC)cc1)C(C)(C)C. The summed E-state index contributed by atoms with van der Waals surface area (Å²) in [7, 11) is 1.68. The van der Waals surface area contributed by atoms with Crippen molar-refractivity contribution >= 4 is 0 Å². The Bertz CT molecular complexity index is 430. The molecular formula is C19H33NO2. The third-order valence-corrected chi connectivity index (χ3v) is 4.50. The van der Waals surface area contributed by atoms with Gasteiger partial charge in [-0.25, -0.2) is 0 Å². The lowest BCUT2D eigenvalue weighted by Gasteiger charge is -2.33. The third-order valence-electron chi connectivity index (χ3n) is 4.50. The second-order valence-electron chi connectivity index (χ2n) is 7.21. The van der Waals surface area contributed by atoms with E-state index in [1.165, 1.54) is 5.56 Å². The zero-order valence-electron chi connectivity index (χ0n) is 15.1. The highest BCUT2D eigenvalue weighted by atomic mass is 16.5. The summed E-state index contributed by atoms with van der Waals surface area (Å²) in [6, 6.07) is 8.15. The van der Waals surface area contributed by atoms with E-state index in [1.807, 2.05) is 12.1 Å². The molecule has 0 aliphatic rings. The van der Waals surface area contributed by atoms with E-state index in [9.17, 15) is 0 Å². The zero-order chi connectivity index (χ0) is 16.8. The Hall–Kier alpha value is -1.06. The van der Waals surface area contributed by atoms with Crippen LogP contribution >= 0.6 is 0 Å². The van der Waals surface area contributed by atoms with Crippen LogP contribution in [-0.4, -0.2) is 19.3 Å². The highest BCUT2D eigenvalue weighted by molar-refractivity contribution is 5.29. The summed E-state index contributed by atoms with van der Waals surface area (Å²) in [6.45, 7) is 11.6. The molecule has 0 aromatic heterocycles. The lowest BCUT2D eigenvalue weighted by Crippen LogP contribution is -2.39. The standard InChI is InChI=1S/C19H33NO2/c1-7-19(20,8-2)13-14-22-17(18(3,4)5)15-9-11-16(21-6)12-10-15/h9-12,17H,7-8,13-14,20H2,1-6H3. The first kappa shape index (κ1) is 19.0. The molecule has 1 unspecified atom stereocenters. The van der Waals surface area contributed by atoms with Crippen molar-refractivity contribution in [2.45, 2.75) is 65.5 Å². The van der Waals surface area contributed by atoms with Gasteiger partial charge in [-0.2, -0.15) is 0 Å². The molecule has 0 amide bonds. The van der Waals surface area contributed by atoms with E-state index >= 15 is 0 Å². The highest BCUT2D eigenvalue weighted by Crippen LogP contribution is 2.37. The van der Waals surface area contributed by atoms with Crippen LogP contribution in [0.4, 0.5) is 0 Å². The number of ether oxygens (including phenoxy) is 2. The van der Waals surface area contributed by atoms with Gasteiger partial charge in [0.15, 0.2) is 0 Å². The molecule has 1 aromatic carbocycles. The minimum absolute atomic E-state index is 0.0320. The lowest BCUT2D eigenvalue weighted by molar-refractivity contribution is -0.0272. The minimum Gasteiger partial charge on any atom is -0.497 e. The molecule has 0 fully saturated rings. The van der Waals surface area contributed by atoms with Crippen LogP contribution in [-0.2, 0) is 4.74 Å². The fourth-order valence-electron chi connectivity index (χ4n) is 2.61. The topological polar surface area (TPSA) is 44.5 Å². The molecule has 0 aliphatic heterocycles. The molecule has 2 N–H and O–H groups in total. The Morgan fingerprint density at radius 1 is 1.05 bits per heavy atom. The summed E-state index contributed by atoms with van der Waals surface area (Å²) in [5.74, 6) is 0.870. The fraction of sp³-hybridized carbons (Fsp3) is 0.684. The lowest BCUT2D eigenvalue weighted by atomic mass is 9.84. The number of rotatable bonds is 8. The largest absolute Gasteiger partial charge is 0.497 e. The predicted octanol–water partition coefficient (Wildman–Crippen LogP) is 4.71. The summed E-state index contributed by atoms with van der Waals surface area (Å²) in [5, 5.41) is 0. The predicted molar refractivity (Wildman–Crippen MR) is 93.3 cm³/mol. The average Bonchev–Trinajstić information content (AvgIpc) is 2.50. The molecule has 3 heteroatoms. The van der Waals surface area contributed by atoms with E-state index in [-0.39, 0.29) is 17.1 Å². The van der Waals surface area contributed by atoms with Crippen molar-refractivity contribution in [1.82, 2.24) is 0 Å². The van der Waals surface area contributed by atoms with E-state index in [2.05, 4.69) is 46.8 Å². The van der Waals surface area contributed by atoms with Gasteiger partial charge in [-0.15, -0.1) is 0 Å². The van der Waals surface area contributed by atoms with Gasteiger partial charge in [0, 0.05) is 12.1 Å². The number of benzene rings is 1. The minimum atomic E-state index is -0.109. The molecule has 1 rings (SSSR count). The van der Waals surface area contributed by atoms with Crippen molar-refractivity contribution in [2.75, 3.05) is 13.7 Å². The van der Waals surface area contributed by atoms with E-state index in [1.54, 1.807) is 7.11 Å². The van der Waals surface area contributed by atoms with Gasteiger partial charge in [-0.1, -0.05) is 46.8 Å². The summed E-state index contributed by atoms with van der Waals surface area (Å²) < 4.78 is 11.5. The van der Waals surface area contributed by atoms with Gasteiger partial charge in [-0.05, 0) is 42.4 Å². The summed E-state index contributed by atoms with van der Waals surface area (Å²) in [6.07, 6.45) is 2.91. The van der Waals surface area contributed by atoms with Crippen LogP contribution in [0, 0.1) is 5.41 Å². The van der Waals surface area contributed by atoms with Crippen molar-refractivity contribution in [3.05, 3.63) is 29.8 Å². The molecule has 1 aromatic rings. The molecule has 0 saturated carbocycles. The molecule has 0 radical (unpaired) electrons. The van der Waals surface area contributed by atoms with Gasteiger partial charge in [0.05, 0.1) is 13.2 Å². The third kappa shape index (κ3) is 5.29. The number of hydrogen-bond acceptors (Lipinski definition) is 3. The summed E-state index contributed by atoms with van der Waals surface area (Å²) in [5.41, 5.74) is 7.48. The van der Waals surface area contributed by atoms with Gasteiger partial charge < -0.3 is 15.2 Å². The first-order chi connectivity index (χ1) is 10.3. The van der Waals surface area contributed by atoms with Crippen LogP contribution < -0.4 is 10.5 Å². The van der Waals surface area contributed by atoms with Crippen molar-refractivity contribution in [3.63, 3.8) is 0 Å². The quantitative estimate of drug-likeness (QED) is 0.756. The van der Waals surface area contributed by atoms with Crippen LogP contribution in [0.2, 0.25) is 0 Å². The first-order valence-corrected chi connectivity index (χ1v) is 8.30. The van der Waals surface area contributed by atoms with Crippen molar-refractivity contribution < 1.29 is 9.47 Å². The van der Waals surface area contributed by atoms with Crippen molar-refractivity contribution in [1.29, 1.82) is 0 Å². The van der Waals surface area contributed by atoms with Crippen LogP contribution in [0.15, 0.2) is 24.3 Å². The maximum Gasteiger partial charge on any atom is 0.118 e. The van der Waals surface area contributed by atoms with E-state index in [0.717, 1.165) is 25.0 Å². The molecule has 0 spiro atoms. The molecule has 3 nitrogen and oxygen atoms in total. The Morgan fingerprint density at radius 2 is 1.59 bits per heavy atom. The Balaban J connectivity index is 2.77. The molecular weight excluding hydrogens is 274 g/mol. The monoisotopic (exact) mass is 307 g/mol. The van der Waals surface area contributed by atoms with E-state index < -0.39 is 0 Å². The zero-order valence-corrected chi connectivity index (χ0v) is 15.1. The number of hydrogen-bond donors (Lipinski definition) is 1. The first-order valence-electron chi connectivity index (χ1n) is 8.30. The van der Waals surface area contributed by atoms with Gasteiger partial charge in [-0.3, -0.25) is 0 Å². The van der Waals surface area contributed by atoms with Gasteiger partial charge in [0.1, 0.15) is 5.75 Å². The second-order valence-corrected chi connectivity index (χ2v) is 7.21. The highest BCUT2D eigenvalue weighted by Gasteiger charge is 2.28. The number of methoxy groups -OCH3 is 1. The van der Waals surface area contributed by atoms with Crippen LogP contribution in [0.1, 0.15) is 65.5 Å². The summed E-state index contributed by atoms with van der Waals surface area (Å²) >= 11 is 0. The molecule has 1 atom stereocenters. The molecule has 22 heavy (non-hydrogen) atoms. The molecule has 0 bridgehead atoms. The van der Waals surface area contributed by atoms with E-state index in [4.69, 9.17) is 15.2 Å². The van der Waals surface area contributed by atoms with Crippen LogP contribution in [0.25, 0.3) is 0 Å². The second kappa shape index (κ2) is 7.98. The van der Waals surface area contributed by atoms with Crippen molar-refractivity contribution in [2.24, 2.45) is 11.1 Å². The van der Waals surface area contributed by atoms with Crippen LogP contribution in [0.5, 0.6) is 5.75 Å². The number of nitrogens with two attached hydrogens (primary N) is 1. The van der Waals surface area contributed by atoms with Gasteiger partial charge >= 0.3 is 0 Å². The van der Waals surface area contributed by atoms with Crippen LogP contribution in [0.3, 0.4) is 0 Å². The average molecular weight is 307 g/mol. The smallest absolute Gasteiger partial charge is 0.118 e. The molecule has 126 valence electrons. The summed E-state index contributed by atoms with van der Waals surface area (Å²) in [4.78, 5) is 0. The van der Waals surface area contributed by atoms with Gasteiger partial charge in [0.2, 0.25) is 0 Å². The molecule has 0 aliphatic carbocycles. The fourth-order valence-corrected chi connectivity index (χ4v) is 2.61. The van der Waals surface area contributed by atoms with Gasteiger partial charge in [0.25, 0.3) is 0 Å². The maximum atomic E-state index is 6.37. The Labute approximate surface area is 136 Å². The molecule has 0 heterocycles. The maximum absolute atomic E-state index is 6.37. The van der Waals surface area contributed by atoms with E-state index in [0.29, 0.717) is 6.61 Å². The molecule has 0 saturated heterocycles. The Morgan fingerprint density at radius 3 is 2.00 bits per heavy atom. The Kier molecular flexibility index (Phi) is 6.89.